The zero-order valence-corrected chi connectivity index (χ0v) is 14.8. The summed E-state index contributed by atoms with van der Waals surface area (Å²) in [5, 5.41) is 2.58. The zero-order valence-electron chi connectivity index (χ0n) is 14.8. The molecule has 2 rings (SSSR count). The van der Waals surface area contributed by atoms with Gasteiger partial charge in [0.05, 0.1) is 7.11 Å². The molecule has 0 radical (unpaired) electrons. The number of methoxy groups -OCH3 is 1. The van der Waals surface area contributed by atoms with Crippen LogP contribution in [0.4, 0.5) is 4.79 Å². The molecule has 1 saturated heterocycles. The molecule has 0 aliphatic carbocycles. The molecule has 1 atom stereocenters. The Morgan fingerprint density at radius 3 is 2.56 bits per heavy atom. The summed E-state index contributed by atoms with van der Waals surface area (Å²) in [6.07, 6.45) is 0.600. The number of carbonyl (C=O) groups excluding carboxylic acids is 3. The summed E-state index contributed by atoms with van der Waals surface area (Å²) in [4.78, 5) is 38.1. The highest BCUT2D eigenvalue weighted by atomic mass is 16.5. The van der Waals surface area contributed by atoms with Crippen LogP contribution in [0.3, 0.4) is 0 Å². The monoisotopic (exact) mass is 348 g/mol. The zero-order chi connectivity index (χ0) is 18.4. The van der Waals surface area contributed by atoms with Gasteiger partial charge in [0.25, 0.3) is 0 Å². The maximum Gasteiger partial charge on any atom is 0.408 e. The second kappa shape index (κ2) is 8.00. The van der Waals surface area contributed by atoms with E-state index in [0.717, 1.165) is 12.0 Å². The Morgan fingerprint density at radius 1 is 1.24 bits per heavy atom. The molecule has 1 aliphatic heterocycles. The van der Waals surface area contributed by atoms with Crippen LogP contribution in [0, 0.1) is 0 Å². The lowest BCUT2D eigenvalue weighted by Gasteiger charge is -2.32. The summed E-state index contributed by atoms with van der Waals surface area (Å²) in [5.41, 5.74) is -0.336. The third-order valence-corrected chi connectivity index (χ3v) is 4.15. The van der Waals surface area contributed by atoms with Gasteiger partial charge in [-0.1, -0.05) is 30.3 Å². The second-order valence-corrected chi connectivity index (χ2v) is 6.49. The predicted molar refractivity (Wildman–Crippen MR) is 90.6 cm³/mol. The lowest BCUT2D eigenvalue weighted by molar-refractivity contribution is -0.152. The number of hydrogen-bond acceptors (Lipinski definition) is 5. The molecule has 1 aromatic carbocycles. The summed E-state index contributed by atoms with van der Waals surface area (Å²) >= 11 is 0. The third kappa shape index (κ3) is 4.71. The molecule has 0 aromatic heterocycles. The van der Waals surface area contributed by atoms with Crippen LogP contribution < -0.4 is 5.32 Å². The highest BCUT2D eigenvalue weighted by molar-refractivity contribution is 5.92. The van der Waals surface area contributed by atoms with Gasteiger partial charge in [0.15, 0.2) is 0 Å². The lowest BCUT2D eigenvalue weighted by Crippen LogP contribution is -2.58. The molecule has 1 aromatic rings. The molecule has 0 bridgehead atoms. The molecule has 7 heteroatoms. The van der Waals surface area contributed by atoms with Crippen LogP contribution in [0.1, 0.15) is 32.3 Å². The van der Waals surface area contributed by atoms with Crippen LogP contribution in [0.25, 0.3) is 0 Å². The predicted octanol–water partition coefficient (Wildman–Crippen LogP) is 1.86. The first-order chi connectivity index (χ1) is 11.8. The summed E-state index contributed by atoms with van der Waals surface area (Å²) in [7, 11) is 1.30. The third-order valence-electron chi connectivity index (χ3n) is 4.15. The number of nitrogens with zero attached hydrogens (tertiary/aromatic N) is 1. The van der Waals surface area contributed by atoms with E-state index in [1.165, 1.54) is 12.0 Å². The first-order valence-corrected chi connectivity index (χ1v) is 8.23. The normalized spacial score (nSPS) is 17.1. The Hall–Kier alpha value is -2.57. The van der Waals surface area contributed by atoms with Crippen LogP contribution in [0.2, 0.25) is 0 Å². The molecule has 1 heterocycles. The average Bonchev–Trinajstić information content (AvgIpc) is 3.08. The standard InChI is InChI=1S/C18H24N2O5/c1-18(2,16(22)20-11-7-10-14(20)15(21)24-3)19-17(23)25-12-13-8-5-4-6-9-13/h4-6,8-9,14H,7,10-12H2,1-3H3,(H,19,23)/t14-/m0/s1. The van der Waals surface area contributed by atoms with Crippen molar-refractivity contribution in [3.8, 4) is 0 Å². The molecule has 136 valence electrons. The fourth-order valence-electron chi connectivity index (χ4n) is 2.82. The topological polar surface area (TPSA) is 84.9 Å². The van der Waals surface area contributed by atoms with Crippen molar-refractivity contribution < 1.29 is 23.9 Å². The van der Waals surface area contributed by atoms with Gasteiger partial charge >= 0.3 is 12.1 Å². The van der Waals surface area contributed by atoms with Crippen molar-refractivity contribution in [2.24, 2.45) is 0 Å². The van der Waals surface area contributed by atoms with E-state index in [1.54, 1.807) is 13.8 Å². The number of alkyl carbamates (subject to hydrolysis) is 1. The highest BCUT2D eigenvalue weighted by Gasteiger charge is 2.42. The molecular weight excluding hydrogens is 324 g/mol. The summed E-state index contributed by atoms with van der Waals surface area (Å²) in [6.45, 7) is 3.76. The SMILES string of the molecule is COC(=O)[C@@H]1CCCN1C(=O)C(C)(C)NC(=O)OCc1ccccc1. The number of likely N-dealkylation sites (tertiary alicyclic amines) is 1. The minimum atomic E-state index is -1.19. The van der Waals surface area contributed by atoms with Crippen LogP contribution in [-0.4, -0.2) is 48.1 Å². The molecule has 2 amide bonds. The molecule has 1 N–H and O–H groups in total. The fourth-order valence-corrected chi connectivity index (χ4v) is 2.82. The van der Waals surface area contributed by atoms with E-state index in [9.17, 15) is 14.4 Å². The summed E-state index contributed by atoms with van der Waals surface area (Å²) < 4.78 is 9.91. The molecule has 0 unspecified atom stereocenters. The molecular formula is C18H24N2O5. The van der Waals surface area contributed by atoms with Crippen molar-refractivity contribution in [2.75, 3.05) is 13.7 Å². The second-order valence-electron chi connectivity index (χ2n) is 6.49. The number of esters is 1. The van der Waals surface area contributed by atoms with Gasteiger partial charge in [-0.2, -0.15) is 0 Å². The van der Waals surface area contributed by atoms with Crippen LogP contribution in [0.5, 0.6) is 0 Å². The number of nitrogens with one attached hydrogen (secondary N) is 1. The number of benzene rings is 1. The number of hydrogen-bond donors (Lipinski definition) is 1. The van der Waals surface area contributed by atoms with Gasteiger partial charge in [-0.25, -0.2) is 9.59 Å². The van der Waals surface area contributed by atoms with Gasteiger partial charge < -0.3 is 19.7 Å². The van der Waals surface area contributed by atoms with Crippen molar-refractivity contribution in [1.82, 2.24) is 10.2 Å². The first kappa shape index (κ1) is 18.8. The molecule has 1 aliphatic rings. The lowest BCUT2D eigenvalue weighted by atomic mass is 10.0. The Balaban J connectivity index is 1.94. The minimum absolute atomic E-state index is 0.117. The largest absolute Gasteiger partial charge is 0.467 e. The van der Waals surface area contributed by atoms with Crippen LogP contribution in [0.15, 0.2) is 30.3 Å². The van der Waals surface area contributed by atoms with Crippen LogP contribution in [-0.2, 0) is 25.7 Å². The van der Waals surface area contributed by atoms with E-state index in [2.05, 4.69) is 5.32 Å². The van der Waals surface area contributed by atoms with Crippen molar-refractivity contribution in [2.45, 2.75) is 44.9 Å². The van der Waals surface area contributed by atoms with E-state index < -0.39 is 23.6 Å². The van der Waals surface area contributed by atoms with E-state index in [0.29, 0.717) is 13.0 Å². The number of rotatable bonds is 5. The van der Waals surface area contributed by atoms with E-state index >= 15 is 0 Å². The fraction of sp³-hybridized carbons (Fsp3) is 0.500. The van der Waals surface area contributed by atoms with Gasteiger partial charge in [-0.15, -0.1) is 0 Å². The van der Waals surface area contributed by atoms with Gasteiger partial charge in [0.1, 0.15) is 18.2 Å². The van der Waals surface area contributed by atoms with E-state index in [1.807, 2.05) is 30.3 Å². The number of ether oxygens (including phenoxy) is 2. The average molecular weight is 348 g/mol. The number of amides is 2. The quantitative estimate of drug-likeness (QED) is 0.821. The molecule has 0 spiro atoms. The Kier molecular flexibility index (Phi) is 6.01. The Labute approximate surface area is 147 Å². The van der Waals surface area contributed by atoms with E-state index in [4.69, 9.17) is 9.47 Å². The molecule has 0 saturated carbocycles. The van der Waals surface area contributed by atoms with Crippen molar-refractivity contribution in [1.29, 1.82) is 0 Å². The highest BCUT2D eigenvalue weighted by Crippen LogP contribution is 2.22. The van der Waals surface area contributed by atoms with Gasteiger partial charge in [0, 0.05) is 6.54 Å². The maximum atomic E-state index is 12.8. The van der Waals surface area contributed by atoms with Gasteiger partial charge in [-0.05, 0) is 32.3 Å². The summed E-state index contributed by atoms with van der Waals surface area (Å²) in [5.74, 6) is -0.773. The Morgan fingerprint density at radius 2 is 1.92 bits per heavy atom. The molecule has 7 nitrogen and oxygen atoms in total. The van der Waals surface area contributed by atoms with Crippen LogP contribution >= 0.6 is 0 Å². The van der Waals surface area contributed by atoms with Crippen molar-refractivity contribution in [3.63, 3.8) is 0 Å². The Bertz CT molecular complexity index is 630. The molecule has 1 fully saturated rings. The van der Waals surface area contributed by atoms with Gasteiger partial charge in [0.2, 0.25) is 5.91 Å². The van der Waals surface area contributed by atoms with E-state index in [-0.39, 0.29) is 12.5 Å². The first-order valence-electron chi connectivity index (χ1n) is 8.23. The number of carbonyl (C=O) groups is 3. The van der Waals surface area contributed by atoms with Crippen molar-refractivity contribution in [3.05, 3.63) is 35.9 Å². The maximum absolute atomic E-state index is 12.8. The van der Waals surface area contributed by atoms with Gasteiger partial charge in [-0.3, -0.25) is 4.79 Å². The summed E-state index contributed by atoms with van der Waals surface area (Å²) in [6, 6.07) is 8.66. The minimum Gasteiger partial charge on any atom is -0.467 e. The molecule has 25 heavy (non-hydrogen) atoms. The van der Waals surface area contributed by atoms with Crippen molar-refractivity contribution >= 4 is 18.0 Å². The smallest absolute Gasteiger partial charge is 0.408 e.